The van der Waals surface area contributed by atoms with Gasteiger partial charge in [0.25, 0.3) is 0 Å². The molecule has 0 saturated heterocycles. The van der Waals surface area contributed by atoms with Gasteiger partial charge in [-0.1, -0.05) is 42.5 Å². The van der Waals surface area contributed by atoms with Gasteiger partial charge >= 0.3 is 8.25 Å². The summed E-state index contributed by atoms with van der Waals surface area (Å²) in [5.41, 5.74) is 1.35. The molecule has 4 heteroatoms. The molecule has 2 rings (SSSR count). The molecule has 19 heavy (non-hydrogen) atoms. The summed E-state index contributed by atoms with van der Waals surface area (Å²) in [4.78, 5) is 0. The van der Waals surface area contributed by atoms with Crippen LogP contribution in [0.15, 0.2) is 42.5 Å². The third-order valence-electron chi connectivity index (χ3n) is 2.53. The van der Waals surface area contributed by atoms with Crippen LogP contribution in [0.3, 0.4) is 0 Å². The Kier molecular flexibility index (Phi) is 7.42. The molecule has 0 aliphatic rings. The highest BCUT2D eigenvalue weighted by Gasteiger charge is 1.92. The van der Waals surface area contributed by atoms with E-state index in [-0.39, 0.29) is 0 Å². The molecule has 0 amide bonds. The van der Waals surface area contributed by atoms with Gasteiger partial charge in [0.2, 0.25) is 0 Å². The van der Waals surface area contributed by atoms with Gasteiger partial charge in [-0.2, -0.15) is 0 Å². The van der Waals surface area contributed by atoms with Crippen LogP contribution < -0.4 is 0 Å². The van der Waals surface area contributed by atoms with Crippen molar-refractivity contribution in [1.29, 1.82) is 0 Å². The normalized spacial score (nSPS) is 10.3. The zero-order chi connectivity index (χ0) is 14.1. The SMILES string of the molecule is CCO[PH](=O)OCC.Cc1cccc2ccccc12. The van der Waals surface area contributed by atoms with Gasteiger partial charge in [-0.3, -0.25) is 4.57 Å². The molecule has 0 N–H and O–H groups in total. The lowest BCUT2D eigenvalue weighted by Gasteiger charge is -1.98. The molecular weight excluding hydrogens is 259 g/mol. The standard InChI is InChI=1S/C11H10.C4H11O3P/c1-9-5-4-7-10-6-2-3-8-11(9)10;1-3-6-8(5)7-4-2/h2-8H,1H3;8H,3-4H2,1-2H3. The number of hydrogen-bond acceptors (Lipinski definition) is 3. The molecule has 0 heterocycles. The second-order valence-electron chi connectivity index (χ2n) is 3.91. The minimum atomic E-state index is -2.14. The fourth-order valence-corrected chi connectivity index (χ4v) is 2.22. The van der Waals surface area contributed by atoms with E-state index in [1.54, 1.807) is 13.8 Å². The van der Waals surface area contributed by atoms with Crippen molar-refractivity contribution in [3.05, 3.63) is 48.0 Å². The molecule has 0 aliphatic heterocycles. The van der Waals surface area contributed by atoms with Crippen LogP contribution in [0, 0.1) is 6.92 Å². The van der Waals surface area contributed by atoms with Gasteiger partial charge in [0, 0.05) is 0 Å². The van der Waals surface area contributed by atoms with Crippen LogP contribution in [0.25, 0.3) is 10.8 Å². The molecule has 0 saturated carbocycles. The van der Waals surface area contributed by atoms with Crippen LogP contribution in [0.5, 0.6) is 0 Å². The first kappa shape index (κ1) is 15.9. The van der Waals surface area contributed by atoms with Gasteiger partial charge in [-0.25, -0.2) is 0 Å². The Bertz CT molecular complexity index is 512. The van der Waals surface area contributed by atoms with Crippen LogP contribution >= 0.6 is 8.25 Å². The van der Waals surface area contributed by atoms with E-state index in [1.165, 1.54) is 16.3 Å². The van der Waals surface area contributed by atoms with Gasteiger partial charge in [-0.05, 0) is 37.1 Å². The van der Waals surface area contributed by atoms with E-state index in [9.17, 15) is 4.57 Å². The topological polar surface area (TPSA) is 35.5 Å². The Balaban J connectivity index is 0.000000203. The summed E-state index contributed by atoms with van der Waals surface area (Å²) in [5, 5.41) is 2.68. The van der Waals surface area contributed by atoms with Gasteiger partial charge in [-0.15, -0.1) is 0 Å². The van der Waals surface area contributed by atoms with Crippen molar-refractivity contribution in [3.63, 3.8) is 0 Å². The summed E-state index contributed by atoms with van der Waals surface area (Å²) >= 11 is 0. The van der Waals surface area contributed by atoms with Gasteiger partial charge < -0.3 is 9.05 Å². The number of aryl methyl sites for hydroxylation is 1. The van der Waals surface area contributed by atoms with E-state index in [0.717, 1.165) is 0 Å². The van der Waals surface area contributed by atoms with E-state index < -0.39 is 8.25 Å². The molecule has 104 valence electrons. The van der Waals surface area contributed by atoms with Crippen LogP contribution in [-0.4, -0.2) is 13.2 Å². The molecule has 2 aromatic rings. The minimum absolute atomic E-state index is 0.456. The van der Waals surface area contributed by atoms with Crippen molar-refractivity contribution >= 4 is 19.0 Å². The highest BCUT2D eigenvalue weighted by atomic mass is 31.1. The quantitative estimate of drug-likeness (QED) is 0.768. The summed E-state index contributed by atoms with van der Waals surface area (Å²) < 4.78 is 19.6. The third-order valence-corrected chi connectivity index (χ3v) is 3.58. The first-order valence-corrected chi connectivity index (χ1v) is 7.65. The zero-order valence-corrected chi connectivity index (χ0v) is 12.7. The average Bonchev–Trinajstić information content (AvgIpc) is 2.41. The molecule has 0 aliphatic carbocycles. The monoisotopic (exact) mass is 280 g/mol. The molecular formula is C15H21O3P. The first-order chi connectivity index (χ1) is 9.19. The Labute approximate surface area is 115 Å². The van der Waals surface area contributed by atoms with Gasteiger partial charge in [0.15, 0.2) is 0 Å². The number of benzene rings is 2. The lowest BCUT2D eigenvalue weighted by molar-refractivity contribution is 0.243. The van der Waals surface area contributed by atoms with E-state index in [4.69, 9.17) is 0 Å². The predicted molar refractivity (Wildman–Crippen MR) is 80.9 cm³/mol. The van der Waals surface area contributed by atoms with Gasteiger partial charge in [0.1, 0.15) is 0 Å². The Hall–Kier alpha value is -1.15. The Morgan fingerprint density at radius 1 is 0.947 bits per heavy atom. The number of hydrogen-bond donors (Lipinski definition) is 0. The van der Waals surface area contributed by atoms with E-state index in [1.807, 2.05) is 0 Å². The highest BCUT2D eigenvalue weighted by molar-refractivity contribution is 7.33. The second kappa shape index (κ2) is 8.87. The summed E-state index contributed by atoms with van der Waals surface area (Å²) in [6.07, 6.45) is 0. The Morgan fingerprint density at radius 3 is 2.11 bits per heavy atom. The zero-order valence-electron chi connectivity index (χ0n) is 11.7. The minimum Gasteiger partial charge on any atom is -0.311 e. The predicted octanol–water partition coefficient (Wildman–Crippen LogP) is 4.60. The van der Waals surface area contributed by atoms with Crippen LogP contribution in [0.1, 0.15) is 19.4 Å². The number of rotatable bonds is 4. The summed E-state index contributed by atoms with van der Waals surface area (Å²) in [5.74, 6) is 0. The smallest absolute Gasteiger partial charge is 0.311 e. The summed E-state index contributed by atoms with van der Waals surface area (Å²) in [6, 6.07) is 14.8. The molecule has 0 aromatic heterocycles. The lowest BCUT2D eigenvalue weighted by atomic mass is 10.1. The van der Waals surface area contributed by atoms with E-state index in [0.29, 0.717) is 13.2 Å². The fourth-order valence-electron chi connectivity index (χ4n) is 1.66. The average molecular weight is 280 g/mol. The molecule has 2 aromatic carbocycles. The second-order valence-corrected chi connectivity index (χ2v) is 4.99. The molecule has 0 radical (unpaired) electrons. The molecule has 0 fully saturated rings. The maximum absolute atomic E-state index is 10.4. The van der Waals surface area contributed by atoms with Crippen molar-refractivity contribution in [3.8, 4) is 0 Å². The summed E-state index contributed by atoms with van der Waals surface area (Å²) in [7, 11) is -2.14. The van der Waals surface area contributed by atoms with Crippen LogP contribution in [0.4, 0.5) is 0 Å². The van der Waals surface area contributed by atoms with Crippen LogP contribution in [0.2, 0.25) is 0 Å². The molecule has 3 nitrogen and oxygen atoms in total. The van der Waals surface area contributed by atoms with Crippen molar-refractivity contribution < 1.29 is 13.6 Å². The van der Waals surface area contributed by atoms with Crippen molar-refractivity contribution in [2.75, 3.05) is 13.2 Å². The van der Waals surface area contributed by atoms with Crippen LogP contribution in [-0.2, 0) is 13.6 Å². The fraction of sp³-hybridized carbons (Fsp3) is 0.333. The van der Waals surface area contributed by atoms with E-state index in [2.05, 4.69) is 58.4 Å². The maximum atomic E-state index is 10.4. The van der Waals surface area contributed by atoms with E-state index >= 15 is 0 Å². The third kappa shape index (κ3) is 5.56. The lowest BCUT2D eigenvalue weighted by Crippen LogP contribution is -1.81. The molecule has 0 unspecified atom stereocenters. The number of fused-ring (bicyclic) bond motifs is 1. The largest absolute Gasteiger partial charge is 0.319 e. The van der Waals surface area contributed by atoms with Gasteiger partial charge in [0.05, 0.1) is 13.2 Å². The maximum Gasteiger partial charge on any atom is 0.319 e. The highest BCUT2D eigenvalue weighted by Crippen LogP contribution is 2.21. The first-order valence-electron chi connectivity index (χ1n) is 6.43. The summed E-state index contributed by atoms with van der Waals surface area (Å²) in [6.45, 7) is 6.61. The molecule has 0 atom stereocenters. The van der Waals surface area contributed by atoms with Crippen molar-refractivity contribution in [1.82, 2.24) is 0 Å². The molecule has 0 spiro atoms. The van der Waals surface area contributed by atoms with Crippen molar-refractivity contribution in [2.45, 2.75) is 20.8 Å². The molecule has 0 bridgehead atoms. The van der Waals surface area contributed by atoms with Crippen molar-refractivity contribution in [2.24, 2.45) is 0 Å². The Morgan fingerprint density at radius 2 is 1.53 bits per heavy atom.